The number of fused-ring (bicyclic) bond motifs is 9. The highest BCUT2D eigenvalue weighted by atomic mass is 31.2. The van der Waals surface area contributed by atoms with Gasteiger partial charge in [0.15, 0.2) is 0 Å². The number of nitrogens with zero attached hydrogens (tertiary/aromatic N) is 2. The molecule has 0 spiro atoms. The van der Waals surface area contributed by atoms with E-state index in [4.69, 9.17) is 0 Å². The molecule has 0 saturated heterocycles. The Bertz CT molecular complexity index is 2160. The molecule has 0 amide bonds. The Labute approximate surface area is 238 Å². The maximum absolute atomic E-state index is 15.1. The van der Waals surface area contributed by atoms with E-state index in [2.05, 4.69) is 96.6 Å². The van der Waals surface area contributed by atoms with E-state index in [-0.39, 0.29) is 5.41 Å². The lowest BCUT2D eigenvalue weighted by Crippen LogP contribution is -2.28. The lowest BCUT2D eigenvalue weighted by atomic mass is 9.81. The van der Waals surface area contributed by atoms with E-state index in [9.17, 15) is 0 Å². The van der Waals surface area contributed by atoms with Crippen LogP contribution < -0.4 is 16.2 Å². The molecule has 0 aliphatic heterocycles. The summed E-state index contributed by atoms with van der Waals surface area (Å²) in [6.45, 7) is 4.64. The normalized spacial score (nSPS) is 13.9. The minimum atomic E-state index is -3.31. The smallest absolute Gasteiger partial charge is 0.205 e. The number of aromatic nitrogens is 2. The van der Waals surface area contributed by atoms with Crippen molar-refractivity contribution in [2.75, 3.05) is 0 Å². The fourth-order valence-corrected chi connectivity index (χ4v) is 9.20. The van der Waals surface area contributed by atoms with E-state index in [1.807, 2.05) is 42.5 Å². The Morgan fingerprint density at radius 3 is 1.73 bits per heavy atom. The molecular weight excluding hydrogens is 519 g/mol. The molecule has 8 rings (SSSR count). The van der Waals surface area contributed by atoms with Crippen molar-refractivity contribution in [1.29, 1.82) is 0 Å². The van der Waals surface area contributed by atoms with Gasteiger partial charge in [-0.25, -0.2) is 0 Å². The molecule has 2 aromatic heterocycles. The molecule has 7 aromatic rings. The summed E-state index contributed by atoms with van der Waals surface area (Å²) in [5.74, 6) is 0. The third-order valence-electron chi connectivity index (χ3n) is 8.83. The van der Waals surface area contributed by atoms with Crippen LogP contribution in [0, 0.1) is 0 Å². The van der Waals surface area contributed by atoms with Gasteiger partial charge in [0.25, 0.3) is 0 Å². The zero-order chi connectivity index (χ0) is 27.8. The highest BCUT2D eigenvalue weighted by molar-refractivity contribution is 7.85. The van der Waals surface area contributed by atoms with Crippen LogP contribution >= 0.6 is 7.14 Å². The minimum absolute atomic E-state index is 0.0916. The molecule has 1 aliphatic rings. The Balaban J connectivity index is 1.47. The van der Waals surface area contributed by atoms with Crippen molar-refractivity contribution in [3.63, 3.8) is 0 Å². The van der Waals surface area contributed by atoms with Gasteiger partial charge in [0.05, 0.1) is 0 Å². The van der Waals surface area contributed by atoms with Crippen molar-refractivity contribution in [2.45, 2.75) is 19.3 Å². The average molecular weight is 547 g/mol. The molecule has 0 fully saturated rings. The molecule has 41 heavy (non-hydrogen) atoms. The van der Waals surface area contributed by atoms with Crippen molar-refractivity contribution in [2.24, 2.45) is 0 Å². The largest absolute Gasteiger partial charge is 0.305 e. The maximum atomic E-state index is 15.1. The van der Waals surface area contributed by atoms with Crippen molar-refractivity contribution < 1.29 is 4.57 Å². The summed E-state index contributed by atoms with van der Waals surface area (Å²) in [5, 5.41) is 7.79. The first-order valence-electron chi connectivity index (χ1n) is 13.9. The SMILES string of the molecule is CC1(C)c2ccccc2-c2cc3c4ccccc4c4cc(P(=O)(c5ccccn5)c5ccccn5)ccc4c3cc21. The van der Waals surface area contributed by atoms with Gasteiger partial charge in [0, 0.05) is 23.1 Å². The fourth-order valence-electron chi connectivity index (χ4n) is 6.79. The molecule has 0 radical (unpaired) electrons. The lowest BCUT2D eigenvalue weighted by molar-refractivity contribution is 0.591. The summed E-state index contributed by atoms with van der Waals surface area (Å²) in [4.78, 5) is 9.14. The first-order valence-corrected chi connectivity index (χ1v) is 15.6. The van der Waals surface area contributed by atoms with Crippen LogP contribution in [0.15, 0.2) is 128 Å². The molecule has 0 saturated carbocycles. The standard InChI is InChI=1S/C37H27N2OP/c1-37(2)33-14-6-5-13-28(33)32-22-30-26-12-4-3-11-25(26)29-21-24(17-18-27(29)31(30)23-34(32)37)41(40,35-15-7-9-19-38-35)36-16-8-10-20-39-36/h3-23H,1-2H3. The van der Waals surface area contributed by atoms with Crippen LogP contribution in [0.3, 0.4) is 0 Å². The quantitative estimate of drug-likeness (QED) is 0.167. The lowest BCUT2D eigenvalue weighted by Gasteiger charge is -2.22. The number of hydrogen-bond donors (Lipinski definition) is 0. The van der Waals surface area contributed by atoms with Crippen LogP contribution in [0.2, 0.25) is 0 Å². The van der Waals surface area contributed by atoms with Crippen LogP contribution in [-0.4, -0.2) is 9.97 Å². The van der Waals surface area contributed by atoms with E-state index in [0.717, 1.165) is 21.5 Å². The van der Waals surface area contributed by atoms with Gasteiger partial charge in [-0.15, -0.1) is 0 Å². The number of rotatable bonds is 3. The predicted octanol–water partition coefficient (Wildman–Crippen LogP) is 7.88. The van der Waals surface area contributed by atoms with E-state index < -0.39 is 7.14 Å². The summed E-state index contributed by atoms with van der Waals surface area (Å²) in [6, 6.07) is 39.6. The number of pyridine rings is 2. The molecule has 3 nitrogen and oxygen atoms in total. The van der Waals surface area contributed by atoms with Gasteiger partial charge in [-0.1, -0.05) is 86.6 Å². The maximum Gasteiger partial charge on any atom is 0.205 e. The molecule has 196 valence electrons. The molecule has 2 heterocycles. The predicted molar refractivity (Wildman–Crippen MR) is 172 cm³/mol. The van der Waals surface area contributed by atoms with Crippen LogP contribution in [-0.2, 0) is 9.98 Å². The fraction of sp³-hybridized carbons (Fsp3) is 0.0811. The molecular formula is C37H27N2OP. The molecule has 5 aromatic carbocycles. The summed E-state index contributed by atoms with van der Waals surface area (Å²) in [5.41, 5.74) is 6.34. The van der Waals surface area contributed by atoms with Crippen LogP contribution in [0.1, 0.15) is 25.0 Å². The second-order valence-corrected chi connectivity index (χ2v) is 14.0. The molecule has 0 atom stereocenters. The highest BCUT2D eigenvalue weighted by Crippen LogP contribution is 2.51. The van der Waals surface area contributed by atoms with Gasteiger partial charge in [-0.3, -0.25) is 9.97 Å². The van der Waals surface area contributed by atoms with E-state index in [1.165, 1.54) is 38.4 Å². The van der Waals surface area contributed by atoms with E-state index in [0.29, 0.717) is 10.9 Å². The third-order valence-corrected chi connectivity index (χ3v) is 11.7. The summed E-state index contributed by atoms with van der Waals surface area (Å²) in [6.07, 6.45) is 3.41. The Hall–Kier alpha value is -4.59. The van der Waals surface area contributed by atoms with Gasteiger partial charge in [0.1, 0.15) is 10.9 Å². The van der Waals surface area contributed by atoms with Crippen LogP contribution in [0.25, 0.3) is 43.4 Å². The molecule has 0 N–H and O–H groups in total. The monoisotopic (exact) mass is 546 g/mol. The van der Waals surface area contributed by atoms with Crippen molar-refractivity contribution in [1.82, 2.24) is 9.97 Å². The van der Waals surface area contributed by atoms with E-state index in [1.54, 1.807) is 12.4 Å². The van der Waals surface area contributed by atoms with Crippen molar-refractivity contribution >= 4 is 55.6 Å². The second-order valence-electron chi connectivity index (χ2n) is 11.4. The second kappa shape index (κ2) is 8.70. The molecule has 0 bridgehead atoms. The van der Waals surface area contributed by atoms with Crippen molar-refractivity contribution in [3.8, 4) is 11.1 Å². The molecule has 4 heteroatoms. The van der Waals surface area contributed by atoms with Crippen LogP contribution in [0.5, 0.6) is 0 Å². The zero-order valence-electron chi connectivity index (χ0n) is 22.9. The Kier molecular flexibility index (Phi) is 5.14. The van der Waals surface area contributed by atoms with E-state index >= 15 is 4.57 Å². The van der Waals surface area contributed by atoms with Gasteiger partial charge in [-0.2, -0.15) is 0 Å². The molecule has 0 unspecified atom stereocenters. The Morgan fingerprint density at radius 2 is 1.07 bits per heavy atom. The third kappa shape index (κ3) is 3.36. The highest BCUT2D eigenvalue weighted by Gasteiger charge is 2.36. The summed E-state index contributed by atoms with van der Waals surface area (Å²) in [7, 11) is -3.31. The van der Waals surface area contributed by atoms with Crippen LogP contribution in [0.4, 0.5) is 0 Å². The summed E-state index contributed by atoms with van der Waals surface area (Å²) >= 11 is 0. The van der Waals surface area contributed by atoms with Gasteiger partial charge < -0.3 is 4.57 Å². The number of hydrogen-bond acceptors (Lipinski definition) is 3. The Morgan fingerprint density at radius 1 is 0.512 bits per heavy atom. The first-order chi connectivity index (χ1) is 20.0. The number of benzene rings is 5. The topological polar surface area (TPSA) is 42.9 Å². The average Bonchev–Trinajstić information content (AvgIpc) is 3.26. The van der Waals surface area contributed by atoms with Gasteiger partial charge in [0.2, 0.25) is 7.14 Å². The molecule has 1 aliphatic carbocycles. The van der Waals surface area contributed by atoms with Crippen molar-refractivity contribution in [3.05, 3.63) is 139 Å². The van der Waals surface area contributed by atoms with Gasteiger partial charge >= 0.3 is 0 Å². The first kappa shape index (κ1) is 24.2. The van der Waals surface area contributed by atoms with Gasteiger partial charge in [-0.05, 0) is 97.0 Å². The minimum Gasteiger partial charge on any atom is -0.305 e. The summed E-state index contributed by atoms with van der Waals surface area (Å²) < 4.78 is 15.1. The zero-order valence-corrected chi connectivity index (χ0v) is 23.8.